The zero-order valence-corrected chi connectivity index (χ0v) is 9.72. The average molecular weight is 237 g/mol. The van der Waals surface area contributed by atoms with Gasteiger partial charge < -0.3 is 9.64 Å². The van der Waals surface area contributed by atoms with Crippen LogP contribution >= 0.6 is 0 Å². The van der Waals surface area contributed by atoms with Gasteiger partial charge in [-0.25, -0.2) is 0 Å². The van der Waals surface area contributed by atoms with Gasteiger partial charge in [-0.15, -0.1) is 0 Å². The SMILES string of the molecule is O=C1COc2cccc3c2N1Cc1ccccc1-3. The van der Waals surface area contributed by atoms with Gasteiger partial charge >= 0.3 is 0 Å². The molecule has 2 heterocycles. The second-order valence-corrected chi connectivity index (χ2v) is 4.58. The van der Waals surface area contributed by atoms with Gasteiger partial charge in [-0.3, -0.25) is 4.79 Å². The Hall–Kier alpha value is -2.29. The highest BCUT2D eigenvalue weighted by Crippen LogP contribution is 2.45. The third-order valence-electron chi connectivity index (χ3n) is 3.56. The molecule has 1 amide bonds. The van der Waals surface area contributed by atoms with E-state index in [2.05, 4.69) is 12.1 Å². The highest BCUT2D eigenvalue weighted by molar-refractivity contribution is 6.04. The molecule has 0 saturated heterocycles. The summed E-state index contributed by atoms with van der Waals surface area (Å²) in [6, 6.07) is 14.2. The van der Waals surface area contributed by atoms with E-state index in [9.17, 15) is 4.79 Å². The van der Waals surface area contributed by atoms with Gasteiger partial charge in [0.25, 0.3) is 5.91 Å². The van der Waals surface area contributed by atoms with Gasteiger partial charge in [0.05, 0.1) is 12.2 Å². The number of carbonyl (C=O) groups is 1. The van der Waals surface area contributed by atoms with Gasteiger partial charge in [0.15, 0.2) is 6.61 Å². The molecule has 0 bridgehead atoms. The average Bonchev–Trinajstić information content (AvgIpc) is 2.43. The Labute approximate surface area is 105 Å². The number of anilines is 1. The minimum absolute atomic E-state index is 0.0319. The van der Waals surface area contributed by atoms with E-state index in [0.717, 1.165) is 17.0 Å². The van der Waals surface area contributed by atoms with Crippen LogP contribution in [-0.2, 0) is 11.3 Å². The van der Waals surface area contributed by atoms with Crippen LogP contribution in [-0.4, -0.2) is 12.5 Å². The van der Waals surface area contributed by atoms with E-state index >= 15 is 0 Å². The number of amides is 1. The van der Waals surface area contributed by atoms with Gasteiger partial charge in [0, 0.05) is 5.56 Å². The van der Waals surface area contributed by atoms with E-state index in [-0.39, 0.29) is 12.5 Å². The van der Waals surface area contributed by atoms with E-state index < -0.39 is 0 Å². The molecule has 88 valence electrons. The molecule has 0 atom stereocenters. The lowest BCUT2D eigenvalue weighted by atomic mass is 9.92. The predicted molar refractivity (Wildman–Crippen MR) is 68.6 cm³/mol. The second kappa shape index (κ2) is 3.35. The number of hydrogen-bond donors (Lipinski definition) is 0. The van der Waals surface area contributed by atoms with Gasteiger partial charge in [0.1, 0.15) is 5.75 Å². The van der Waals surface area contributed by atoms with Gasteiger partial charge in [0.2, 0.25) is 0 Å². The smallest absolute Gasteiger partial charge is 0.265 e. The number of ether oxygens (including phenoxy) is 1. The standard InChI is InChI=1S/C15H11NO2/c17-14-9-18-13-7-3-6-12-11-5-2-1-4-10(11)8-16(14)15(12)13/h1-7H,8-9H2. The zero-order chi connectivity index (χ0) is 12.1. The van der Waals surface area contributed by atoms with Crippen molar-refractivity contribution in [1.82, 2.24) is 0 Å². The highest BCUT2D eigenvalue weighted by Gasteiger charge is 2.32. The van der Waals surface area contributed by atoms with Crippen molar-refractivity contribution < 1.29 is 9.53 Å². The van der Waals surface area contributed by atoms with E-state index in [1.54, 1.807) is 0 Å². The van der Waals surface area contributed by atoms with Crippen molar-refractivity contribution in [2.24, 2.45) is 0 Å². The summed E-state index contributed by atoms with van der Waals surface area (Å²) < 4.78 is 5.51. The molecule has 2 aromatic carbocycles. The summed E-state index contributed by atoms with van der Waals surface area (Å²) in [5, 5.41) is 0. The molecule has 0 unspecified atom stereocenters. The summed E-state index contributed by atoms with van der Waals surface area (Å²) in [6.45, 7) is 0.779. The van der Waals surface area contributed by atoms with Crippen molar-refractivity contribution in [2.45, 2.75) is 6.54 Å². The van der Waals surface area contributed by atoms with Crippen molar-refractivity contribution in [2.75, 3.05) is 11.5 Å². The number of hydrogen-bond acceptors (Lipinski definition) is 2. The van der Waals surface area contributed by atoms with E-state index in [4.69, 9.17) is 4.74 Å². The maximum Gasteiger partial charge on any atom is 0.265 e. The molecule has 2 aliphatic heterocycles. The number of nitrogens with zero attached hydrogens (tertiary/aromatic N) is 1. The Bertz CT molecular complexity index is 663. The zero-order valence-electron chi connectivity index (χ0n) is 9.72. The van der Waals surface area contributed by atoms with E-state index in [1.165, 1.54) is 11.1 Å². The van der Waals surface area contributed by atoms with E-state index in [1.807, 2.05) is 35.2 Å². The number of rotatable bonds is 0. The summed E-state index contributed by atoms with van der Waals surface area (Å²) >= 11 is 0. The third kappa shape index (κ3) is 1.16. The number of benzene rings is 2. The first-order valence-corrected chi connectivity index (χ1v) is 5.99. The molecule has 3 heteroatoms. The summed E-state index contributed by atoms with van der Waals surface area (Å²) in [7, 11) is 0. The molecule has 2 aromatic rings. The number of fused-ring (bicyclic) bond motifs is 2. The molecule has 3 nitrogen and oxygen atoms in total. The van der Waals surface area contributed by atoms with Crippen LogP contribution in [0, 0.1) is 0 Å². The second-order valence-electron chi connectivity index (χ2n) is 4.58. The normalized spacial score (nSPS) is 15.8. The molecule has 0 N–H and O–H groups in total. The predicted octanol–water partition coefficient (Wildman–Crippen LogP) is 2.59. The molecule has 0 aliphatic carbocycles. The lowest BCUT2D eigenvalue weighted by Gasteiger charge is -2.35. The summed E-state index contributed by atoms with van der Waals surface area (Å²) in [6.07, 6.45) is 0. The molecular weight excluding hydrogens is 226 g/mol. The molecule has 18 heavy (non-hydrogen) atoms. The van der Waals surface area contributed by atoms with Crippen molar-refractivity contribution in [3.8, 4) is 16.9 Å². The summed E-state index contributed by atoms with van der Waals surface area (Å²) in [5.41, 5.74) is 4.40. The van der Waals surface area contributed by atoms with Crippen LogP contribution in [0.4, 0.5) is 5.69 Å². The Balaban J connectivity index is 2.06. The van der Waals surface area contributed by atoms with Crippen molar-refractivity contribution >= 4 is 11.6 Å². The summed E-state index contributed by atoms with van der Waals surface area (Å²) in [5.74, 6) is 0.839. The van der Waals surface area contributed by atoms with Crippen molar-refractivity contribution in [3.63, 3.8) is 0 Å². The topological polar surface area (TPSA) is 29.5 Å². The van der Waals surface area contributed by atoms with Crippen LogP contribution in [0.3, 0.4) is 0 Å². The minimum Gasteiger partial charge on any atom is -0.482 e. The van der Waals surface area contributed by atoms with Crippen LogP contribution in [0.2, 0.25) is 0 Å². The summed E-state index contributed by atoms with van der Waals surface area (Å²) in [4.78, 5) is 13.8. The Morgan fingerprint density at radius 3 is 2.78 bits per heavy atom. The molecule has 0 spiro atoms. The van der Waals surface area contributed by atoms with Crippen LogP contribution < -0.4 is 9.64 Å². The monoisotopic (exact) mass is 237 g/mol. The van der Waals surface area contributed by atoms with Crippen LogP contribution in [0.15, 0.2) is 42.5 Å². The fourth-order valence-corrected chi connectivity index (χ4v) is 2.74. The molecule has 0 radical (unpaired) electrons. The first kappa shape index (κ1) is 9.71. The maximum absolute atomic E-state index is 12.0. The lowest BCUT2D eigenvalue weighted by Crippen LogP contribution is -2.40. The Kier molecular flexibility index (Phi) is 1.81. The van der Waals surface area contributed by atoms with E-state index in [0.29, 0.717) is 6.54 Å². The molecule has 0 aromatic heterocycles. The molecule has 2 aliphatic rings. The fraction of sp³-hybridized carbons (Fsp3) is 0.133. The fourth-order valence-electron chi connectivity index (χ4n) is 2.74. The largest absolute Gasteiger partial charge is 0.482 e. The highest BCUT2D eigenvalue weighted by atomic mass is 16.5. The first-order chi connectivity index (χ1) is 8.84. The van der Waals surface area contributed by atoms with Gasteiger partial charge in [-0.05, 0) is 17.2 Å². The molecule has 4 rings (SSSR count). The van der Waals surface area contributed by atoms with Crippen molar-refractivity contribution in [3.05, 3.63) is 48.0 Å². The Morgan fingerprint density at radius 1 is 1.00 bits per heavy atom. The third-order valence-corrected chi connectivity index (χ3v) is 3.56. The minimum atomic E-state index is 0.0319. The molecule has 0 fully saturated rings. The molecule has 0 saturated carbocycles. The number of carbonyl (C=O) groups excluding carboxylic acids is 1. The molecular formula is C15H11NO2. The van der Waals surface area contributed by atoms with Crippen LogP contribution in [0.5, 0.6) is 5.75 Å². The van der Waals surface area contributed by atoms with Gasteiger partial charge in [-0.1, -0.05) is 36.4 Å². The van der Waals surface area contributed by atoms with Crippen LogP contribution in [0.1, 0.15) is 5.56 Å². The van der Waals surface area contributed by atoms with Gasteiger partial charge in [-0.2, -0.15) is 0 Å². The Morgan fingerprint density at radius 2 is 1.83 bits per heavy atom. The van der Waals surface area contributed by atoms with Crippen molar-refractivity contribution in [1.29, 1.82) is 0 Å². The quantitative estimate of drug-likeness (QED) is 0.704. The lowest BCUT2D eigenvalue weighted by molar-refractivity contribution is -0.121. The first-order valence-electron chi connectivity index (χ1n) is 5.99. The maximum atomic E-state index is 12.0. The number of para-hydroxylation sites is 1. The van der Waals surface area contributed by atoms with Crippen LogP contribution in [0.25, 0.3) is 11.1 Å².